The van der Waals surface area contributed by atoms with Gasteiger partial charge in [0, 0.05) is 56.8 Å². The van der Waals surface area contributed by atoms with Gasteiger partial charge in [-0.15, -0.1) is 13.2 Å². The van der Waals surface area contributed by atoms with Crippen molar-refractivity contribution in [3.8, 4) is 17.2 Å². The molecular weight excluding hydrogens is 607 g/mol. The lowest BCUT2D eigenvalue weighted by molar-refractivity contribution is 0.0949. The van der Waals surface area contributed by atoms with Gasteiger partial charge < -0.3 is 29.4 Å². The Labute approximate surface area is 282 Å². The van der Waals surface area contributed by atoms with Gasteiger partial charge in [0.1, 0.15) is 16.8 Å². The first-order valence-corrected chi connectivity index (χ1v) is 16.3. The van der Waals surface area contributed by atoms with Crippen LogP contribution in [-0.4, -0.2) is 74.6 Å². The van der Waals surface area contributed by atoms with Crippen LogP contribution in [0, 0.1) is 18.7 Å². The summed E-state index contributed by atoms with van der Waals surface area (Å²) in [6.45, 7) is 19.4. The summed E-state index contributed by atoms with van der Waals surface area (Å²) < 4.78 is 24.4. The van der Waals surface area contributed by atoms with Crippen molar-refractivity contribution in [3.05, 3.63) is 95.2 Å². The zero-order valence-electron chi connectivity index (χ0n) is 28.6. The molecule has 2 saturated heterocycles. The van der Waals surface area contributed by atoms with Crippen LogP contribution in [0.1, 0.15) is 48.5 Å². The van der Waals surface area contributed by atoms with Gasteiger partial charge in [-0.3, -0.25) is 14.6 Å². The van der Waals surface area contributed by atoms with E-state index in [1.807, 2.05) is 47.6 Å². The normalized spacial score (nSPS) is 18.4. The van der Waals surface area contributed by atoms with E-state index in [1.54, 1.807) is 25.5 Å². The van der Waals surface area contributed by atoms with Crippen LogP contribution in [0.2, 0.25) is 0 Å². The Balaban J connectivity index is 0.000000986. The minimum atomic E-state index is -0.554. The SMILES string of the molecule is C=C.C=CC=N/C(=C\C)C1CCN(c2c(F)cc3c(=O)c(C(=O)NCCC4CCCN4C)cn4c3c2Oc2cc(C)ccc2-4)C1.C=NC. The summed E-state index contributed by atoms with van der Waals surface area (Å²) in [6.07, 6.45) is 10.7. The maximum Gasteiger partial charge on any atom is 0.256 e. The number of nitrogens with one attached hydrogen (secondary N) is 1. The smallest absolute Gasteiger partial charge is 0.256 e. The lowest BCUT2D eigenvalue weighted by Gasteiger charge is -2.29. The lowest BCUT2D eigenvalue weighted by atomic mass is 10.0. The molecule has 2 aromatic carbocycles. The fraction of sp³-hybridized carbons (Fsp3) is 0.368. The Kier molecular flexibility index (Phi) is 12.2. The first-order valence-electron chi connectivity index (χ1n) is 16.3. The Morgan fingerprint density at radius 2 is 1.96 bits per heavy atom. The van der Waals surface area contributed by atoms with Gasteiger partial charge in [-0.1, -0.05) is 24.8 Å². The molecule has 3 aliphatic heterocycles. The van der Waals surface area contributed by atoms with Gasteiger partial charge in [-0.2, -0.15) is 0 Å². The second kappa shape index (κ2) is 16.3. The van der Waals surface area contributed by atoms with Crippen LogP contribution in [0.4, 0.5) is 10.1 Å². The minimum absolute atomic E-state index is 0.0159. The van der Waals surface area contributed by atoms with Crippen molar-refractivity contribution in [2.45, 2.75) is 45.6 Å². The van der Waals surface area contributed by atoms with Crippen molar-refractivity contribution in [2.24, 2.45) is 15.9 Å². The topological polar surface area (TPSA) is 91.5 Å². The highest BCUT2D eigenvalue weighted by Gasteiger charge is 2.34. The maximum absolute atomic E-state index is 16.1. The number of carbonyl (C=O) groups excluding carboxylic acids is 1. The van der Waals surface area contributed by atoms with E-state index in [4.69, 9.17) is 4.74 Å². The standard InChI is InChI=1S/C34H38FN5O3.C2H5N.C2H4/c1-5-13-36-27(6-2)22-12-16-39(19-22)31-26(35)18-24-30-33(31)43-29-17-21(3)9-10-28(29)40(30)20-25(32(24)41)34(42)37-14-11-23-8-7-15-38(23)4;1-3-2;1-2/h5-6,9-10,13,17-18,20,22-23H,1,7-8,11-12,14-16,19H2,2-4H3,(H,37,42);1H2,2H3;1-2H2/b27-6-,36-13?;;. The summed E-state index contributed by atoms with van der Waals surface area (Å²) in [5, 5.41) is 3.06. The molecule has 2 fully saturated rings. The average Bonchev–Trinajstić information content (AvgIpc) is 3.72. The van der Waals surface area contributed by atoms with E-state index >= 15 is 4.39 Å². The second-order valence-corrected chi connectivity index (χ2v) is 12.0. The third-order valence-electron chi connectivity index (χ3n) is 8.98. The highest BCUT2D eigenvalue weighted by molar-refractivity contribution is 6.01. The van der Waals surface area contributed by atoms with Gasteiger partial charge in [-0.25, -0.2) is 4.39 Å². The number of hydrogen-bond acceptors (Lipinski definition) is 7. The number of halogens is 1. The fourth-order valence-electron chi connectivity index (χ4n) is 6.72. The molecule has 9 nitrogen and oxygen atoms in total. The summed E-state index contributed by atoms with van der Waals surface area (Å²) >= 11 is 0. The quantitative estimate of drug-likeness (QED) is 0.166. The molecule has 0 radical (unpaired) electrons. The summed E-state index contributed by atoms with van der Waals surface area (Å²) in [6, 6.07) is 7.43. The van der Waals surface area contributed by atoms with Crippen molar-refractivity contribution >= 4 is 35.4 Å². The summed E-state index contributed by atoms with van der Waals surface area (Å²) in [5.41, 5.74) is 2.84. The van der Waals surface area contributed by atoms with Gasteiger partial charge in [0.15, 0.2) is 17.3 Å². The molecule has 254 valence electrons. The highest BCUT2D eigenvalue weighted by atomic mass is 19.1. The molecule has 10 heteroatoms. The number of aromatic nitrogens is 1. The number of aliphatic imine (C=N–C) groups is 2. The molecule has 3 aromatic rings. The van der Waals surface area contributed by atoms with Gasteiger partial charge in [0.05, 0.1) is 11.1 Å². The number of hydrogen-bond donors (Lipinski definition) is 1. The predicted molar refractivity (Wildman–Crippen MR) is 196 cm³/mol. The monoisotopic (exact) mass is 654 g/mol. The molecule has 2 atom stereocenters. The van der Waals surface area contributed by atoms with Gasteiger partial charge in [0.2, 0.25) is 5.43 Å². The average molecular weight is 655 g/mol. The largest absolute Gasteiger partial charge is 0.451 e. The molecular formula is C38H47FN6O3. The molecule has 4 heterocycles. The van der Waals surface area contributed by atoms with Gasteiger partial charge in [0.25, 0.3) is 5.91 Å². The van der Waals surface area contributed by atoms with Crippen molar-refractivity contribution in [1.82, 2.24) is 14.8 Å². The van der Waals surface area contributed by atoms with Crippen LogP contribution in [0.3, 0.4) is 0 Å². The number of likely N-dealkylation sites (tertiary alicyclic amines) is 1. The third kappa shape index (κ3) is 7.33. The van der Waals surface area contributed by atoms with E-state index in [9.17, 15) is 9.59 Å². The van der Waals surface area contributed by atoms with Gasteiger partial charge >= 0.3 is 0 Å². The Bertz CT molecular complexity index is 1800. The molecule has 0 saturated carbocycles. The third-order valence-corrected chi connectivity index (χ3v) is 8.98. The first-order chi connectivity index (χ1) is 23.2. The molecule has 0 aliphatic carbocycles. The van der Waals surface area contributed by atoms with Crippen LogP contribution >= 0.6 is 0 Å². The van der Waals surface area contributed by atoms with Crippen LogP contribution in [-0.2, 0) is 0 Å². The number of carbonyl (C=O) groups is 1. The Morgan fingerprint density at radius 3 is 2.62 bits per heavy atom. The summed E-state index contributed by atoms with van der Waals surface area (Å²) in [4.78, 5) is 39.2. The summed E-state index contributed by atoms with van der Waals surface area (Å²) in [7, 11) is 3.74. The van der Waals surface area contributed by atoms with E-state index in [0.29, 0.717) is 54.1 Å². The molecule has 2 unspecified atom stereocenters. The predicted octanol–water partition coefficient (Wildman–Crippen LogP) is 6.86. The number of benzene rings is 2. The van der Waals surface area contributed by atoms with Crippen molar-refractivity contribution < 1.29 is 13.9 Å². The zero-order valence-corrected chi connectivity index (χ0v) is 28.6. The molecule has 6 rings (SSSR count). The number of anilines is 1. The fourth-order valence-corrected chi connectivity index (χ4v) is 6.72. The summed E-state index contributed by atoms with van der Waals surface area (Å²) in [5.74, 6) is -0.0665. The maximum atomic E-state index is 16.1. The number of fused-ring (bicyclic) bond motifs is 2. The first kappa shape index (κ1) is 36.0. The molecule has 1 amide bonds. The Morgan fingerprint density at radius 1 is 1.21 bits per heavy atom. The number of aryl methyl sites for hydroxylation is 1. The molecule has 0 spiro atoms. The van der Waals surface area contributed by atoms with Crippen molar-refractivity contribution in [2.75, 3.05) is 45.2 Å². The molecule has 1 N–H and O–H groups in total. The molecule has 48 heavy (non-hydrogen) atoms. The highest BCUT2D eigenvalue weighted by Crippen LogP contribution is 2.48. The zero-order chi connectivity index (χ0) is 35.0. The molecule has 0 bridgehead atoms. The van der Waals surface area contributed by atoms with Crippen LogP contribution in [0.25, 0.3) is 16.6 Å². The van der Waals surface area contributed by atoms with Crippen molar-refractivity contribution in [3.63, 3.8) is 0 Å². The molecule has 1 aromatic heterocycles. The number of pyridine rings is 1. The lowest BCUT2D eigenvalue weighted by Crippen LogP contribution is -2.34. The van der Waals surface area contributed by atoms with Crippen LogP contribution in [0.5, 0.6) is 11.5 Å². The molecule has 3 aliphatic rings. The number of allylic oxidation sites excluding steroid dienone is 2. The van der Waals surface area contributed by atoms with Crippen LogP contribution in [0.15, 0.2) is 82.8 Å². The minimum Gasteiger partial charge on any atom is -0.451 e. The van der Waals surface area contributed by atoms with E-state index in [2.05, 4.69) is 53.7 Å². The second-order valence-electron chi connectivity index (χ2n) is 12.0. The Hall–Kier alpha value is -4.83. The van der Waals surface area contributed by atoms with Gasteiger partial charge in [-0.05, 0) is 83.6 Å². The number of nitrogens with zero attached hydrogens (tertiary/aromatic N) is 5. The van der Waals surface area contributed by atoms with Crippen LogP contribution < -0.4 is 20.4 Å². The van der Waals surface area contributed by atoms with E-state index in [-0.39, 0.29) is 16.9 Å². The van der Waals surface area contributed by atoms with Crippen molar-refractivity contribution in [1.29, 1.82) is 0 Å². The number of rotatable bonds is 8. The number of ether oxygens (including phenoxy) is 1. The number of amides is 1. The van der Waals surface area contributed by atoms with E-state index in [1.165, 1.54) is 6.07 Å². The van der Waals surface area contributed by atoms with E-state index < -0.39 is 17.2 Å². The van der Waals surface area contributed by atoms with E-state index in [0.717, 1.165) is 43.5 Å².